The van der Waals surface area contributed by atoms with E-state index in [-0.39, 0.29) is 30.9 Å². The highest BCUT2D eigenvalue weighted by atomic mass is 16.2. The Morgan fingerprint density at radius 1 is 0.963 bits per heavy atom. The molecule has 0 unspecified atom stereocenters. The molecule has 0 aromatic heterocycles. The number of hydrogen-bond acceptors (Lipinski definition) is 3. The lowest BCUT2D eigenvalue weighted by atomic mass is 10.2. The molecule has 0 aliphatic rings. The summed E-state index contributed by atoms with van der Waals surface area (Å²) in [6, 6.07) is 17.7. The third-order valence-corrected chi connectivity index (χ3v) is 4.29. The van der Waals surface area contributed by atoms with E-state index in [1.54, 1.807) is 11.9 Å². The van der Waals surface area contributed by atoms with Crippen LogP contribution in [0.2, 0.25) is 0 Å². The summed E-state index contributed by atoms with van der Waals surface area (Å²) < 4.78 is 0. The van der Waals surface area contributed by atoms with Gasteiger partial charge in [-0.3, -0.25) is 14.5 Å². The summed E-state index contributed by atoms with van der Waals surface area (Å²) in [4.78, 5) is 28.5. The molecule has 0 saturated heterocycles. The maximum atomic E-state index is 12.7. The first-order chi connectivity index (χ1) is 12.8. The van der Waals surface area contributed by atoms with Crippen molar-refractivity contribution in [3.8, 4) is 0 Å². The van der Waals surface area contributed by atoms with Gasteiger partial charge in [0.25, 0.3) is 0 Å². The largest absolute Gasteiger partial charge is 0.335 e. The van der Waals surface area contributed by atoms with Crippen LogP contribution in [-0.4, -0.2) is 47.8 Å². The Kier molecular flexibility index (Phi) is 7.55. The zero-order valence-corrected chi connectivity index (χ0v) is 16.6. The fraction of sp³-hybridized carbons (Fsp3) is 0.364. The Morgan fingerprint density at radius 3 is 2.19 bits per heavy atom. The van der Waals surface area contributed by atoms with Gasteiger partial charge in [0, 0.05) is 18.3 Å². The predicted octanol–water partition coefficient (Wildman–Crippen LogP) is 3.30. The van der Waals surface area contributed by atoms with Crippen molar-refractivity contribution >= 4 is 17.5 Å². The first-order valence-corrected chi connectivity index (χ1v) is 9.23. The molecule has 0 fully saturated rings. The number of anilines is 1. The Labute approximate surface area is 162 Å². The first kappa shape index (κ1) is 20.6. The number of nitrogens with zero attached hydrogens (tertiary/aromatic N) is 2. The van der Waals surface area contributed by atoms with Crippen molar-refractivity contribution in [3.63, 3.8) is 0 Å². The van der Waals surface area contributed by atoms with Crippen LogP contribution in [0, 0.1) is 6.92 Å². The molecular formula is C22H29N3O2. The molecule has 144 valence electrons. The second-order valence-corrected chi connectivity index (χ2v) is 7.19. The molecule has 27 heavy (non-hydrogen) atoms. The minimum atomic E-state index is -0.131. The third kappa shape index (κ3) is 6.87. The van der Waals surface area contributed by atoms with Gasteiger partial charge in [0.2, 0.25) is 11.8 Å². The van der Waals surface area contributed by atoms with Crippen molar-refractivity contribution < 1.29 is 9.59 Å². The minimum absolute atomic E-state index is 0.0134. The van der Waals surface area contributed by atoms with Crippen LogP contribution >= 0.6 is 0 Å². The summed E-state index contributed by atoms with van der Waals surface area (Å²) in [6.07, 6.45) is 0. The molecule has 0 spiro atoms. The van der Waals surface area contributed by atoms with E-state index in [1.807, 2.05) is 80.3 Å². The number of likely N-dealkylation sites (N-methyl/N-ethyl adjacent to an activating group) is 1. The summed E-state index contributed by atoms with van der Waals surface area (Å²) in [5, 5.41) is 2.86. The highest BCUT2D eigenvalue weighted by Crippen LogP contribution is 2.10. The van der Waals surface area contributed by atoms with E-state index in [0.717, 1.165) is 16.8 Å². The van der Waals surface area contributed by atoms with Crippen molar-refractivity contribution in [2.24, 2.45) is 0 Å². The van der Waals surface area contributed by atoms with Gasteiger partial charge < -0.3 is 10.2 Å². The van der Waals surface area contributed by atoms with E-state index in [9.17, 15) is 9.59 Å². The number of aryl methyl sites for hydroxylation is 1. The average Bonchev–Trinajstić information content (AvgIpc) is 2.62. The molecule has 0 heterocycles. The molecule has 0 bridgehead atoms. The lowest BCUT2D eigenvalue weighted by Crippen LogP contribution is -2.44. The number of benzene rings is 2. The van der Waals surface area contributed by atoms with E-state index in [0.29, 0.717) is 6.54 Å². The molecule has 5 nitrogen and oxygen atoms in total. The Hall–Kier alpha value is -2.66. The quantitative estimate of drug-likeness (QED) is 0.779. The van der Waals surface area contributed by atoms with Crippen LogP contribution < -0.4 is 5.32 Å². The third-order valence-electron chi connectivity index (χ3n) is 4.29. The van der Waals surface area contributed by atoms with Crippen molar-refractivity contribution in [2.45, 2.75) is 33.4 Å². The van der Waals surface area contributed by atoms with Crippen molar-refractivity contribution in [1.29, 1.82) is 0 Å². The summed E-state index contributed by atoms with van der Waals surface area (Å²) in [5.41, 5.74) is 3.00. The lowest BCUT2D eigenvalue weighted by molar-refractivity contribution is -0.134. The molecule has 0 aliphatic heterocycles. The molecule has 0 atom stereocenters. The maximum absolute atomic E-state index is 12.7. The molecule has 1 N–H and O–H groups in total. The molecule has 2 aromatic rings. The molecule has 2 amide bonds. The van der Waals surface area contributed by atoms with E-state index >= 15 is 0 Å². The van der Waals surface area contributed by atoms with Gasteiger partial charge in [0.1, 0.15) is 0 Å². The SMILES string of the molecule is Cc1ccc(NC(=O)CN(C)CC(=O)N(Cc2ccccc2)C(C)C)cc1. The normalized spacial score (nSPS) is 10.9. The molecule has 0 aliphatic carbocycles. The van der Waals surface area contributed by atoms with E-state index in [2.05, 4.69) is 5.32 Å². The number of nitrogens with one attached hydrogen (secondary N) is 1. The standard InChI is InChI=1S/C22H29N3O2/c1-17(2)25(14-19-8-6-5-7-9-19)22(27)16-24(4)15-21(26)23-20-12-10-18(3)11-13-20/h5-13,17H,14-16H2,1-4H3,(H,23,26). The molecule has 5 heteroatoms. The van der Waals surface area contributed by atoms with Crippen LogP contribution in [0.3, 0.4) is 0 Å². The summed E-state index contributed by atoms with van der Waals surface area (Å²) in [6.45, 7) is 6.95. The maximum Gasteiger partial charge on any atom is 0.238 e. The van der Waals surface area contributed by atoms with Crippen molar-refractivity contribution in [3.05, 3.63) is 65.7 Å². The monoisotopic (exact) mass is 367 g/mol. The number of amides is 2. The van der Waals surface area contributed by atoms with E-state index in [4.69, 9.17) is 0 Å². The van der Waals surface area contributed by atoms with Gasteiger partial charge in [0.15, 0.2) is 0 Å². The number of rotatable bonds is 8. The topological polar surface area (TPSA) is 52.7 Å². The Morgan fingerprint density at radius 2 is 1.59 bits per heavy atom. The van der Waals surface area contributed by atoms with Gasteiger partial charge in [-0.2, -0.15) is 0 Å². The smallest absolute Gasteiger partial charge is 0.238 e. The predicted molar refractivity (Wildman–Crippen MR) is 109 cm³/mol. The molecule has 2 rings (SSSR count). The van der Waals surface area contributed by atoms with Gasteiger partial charge in [0.05, 0.1) is 13.1 Å². The van der Waals surface area contributed by atoms with Gasteiger partial charge in [-0.25, -0.2) is 0 Å². The van der Waals surface area contributed by atoms with Crippen molar-refractivity contribution in [2.75, 3.05) is 25.5 Å². The van der Waals surface area contributed by atoms with Crippen LogP contribution in [0.1, 0.15) is 25.0 Å². The highest BCUT2D eigenvalue weighted by Gasteiger charge is 2.19. The zero-order chi connectivity index (χ0) is 19.8. The zero-order valence-electron chi connectivity index (χ0n) is 16.6. The molecule has 2 aromatic carbocycles. The first-order valence-electron chi connectivity index (χ1n) is 9.23. The van der Waals surface area contributed by atoms with Gasteiger partial charge in [-0.15, -0.1) is 0 Å². The van der Waals surface area contributed by atoms with Crippen LogP contribution in [0.15, 0.2) is 54.6 Å². The van der Waals surface area contributed by atoms with Crippen molar-refractivity contribution in [1.82, 2.24) is 9.80 Å². The summed E-state index contributed by atoms with van der Waals surface area (Å²) in [5.74, 6) is -0.118. The summed E-state index contributed by atoms with van der Waals surface area (Å²) in [7, 11) is 1.79. The van der Waals surface area contributed by atoms with Crippen LogP contribution in [-0.2, 0) is 16.1 Å². The van der Waals surface area contributed by atoms with Gasteiger partial charge >= 0.3 is 0 Å². The second-order valence-electron chi connectivity index (χ2n) is 7.19. The van der Waals surface area contributed by atoms with Crippen LogP contribution in [0.25, 0.3) is 0 Å². The van der Waals surface area contributed by atoms with Gasteiger partial charge in [-0.1, -0.05) is 48.0 Å². The number of hydrogen-bond donors (Lipinski definition) is 1. The second kappa shape index (κ2) is 9.88. The fourth-order valence-corrected chi connectivity index (χ4v) is 2.80. The van der Waals surface area contributed by atoms with Crippen LogP contribution in [0.5, 0.6) is 0 Å². The molecular weight excluding hydrogens is 338 g/mol. The summed E-state index contributed by atoms with van der Waals surface area (Å²) >= 11 is 0. The Bertz CT molecular complexity index is 742. The van der Waals surface area contributed by atoms with E-state index < -0.39 is 0 Å². The molecule has 0 saturated carbocycles. The number of carbonyl (C=O) groups excluding carboxylic acids is 2. The average molecular weight is 367 g/mol. The van der Waals surface area contributed by atoms with E-state index in [1.165, 1.54) is 0 Å². The fourth-order valence-electron chi connectivity index (χ4n) is 2.80. The Balaban J connectivity index is 1.88. The minimum Gasteiger partial charge on any atom is -0.335 e. The van der Waals surface area contributed by atoms with Gasteiger partial charge in [-0.05, 0) is 45.5 Å². The highest BCUT2D eigenvalue weighted by molar-refractivity contribution is 5.92. The molecule has 0 radical (unpaired) electrons. The van der Waals surface area contributed by atoms with Crippen LogP contribution in [0.4, 0.5) is 5.69 Å². The number of carbonyl (C=O) groups is 2. The lowest BCUT2D eigenvalue weighted by Gasteiger charge is -2.29.